The molecule has 1 aromatic carbocycles. The van der Waals surface area contributed by atoms with Crippen molar-refractivity contribution in [3.8, 4) is 0 Å². The molecule has 0 amide bonds. The van der Waals surface area contributed by atoms with Gasteiger partial charge in [0.05, 0.1) is 5.69 Å². The second-order valence-corrected chi connectivity index (χ2v) is 7.77. The molecule has 0 aliphatic carbocycles. The van der Waals surface area contributed by atoms with Gasteiger partial charge in [0.25, 0.3) is 0 Å². The van der Waals surface area contributed by atoms with Gasteiger partial charge in [0.1, 0.15) is 5.82 Å². The summed E-state index contributed by atoms with van der Waals surface area (Å²) in [6, 6.07) is 8.00. The van der Waals surface area contributed by atoms with Crippen molar-refractivity contribution in [2.45, 2.75) is 23.2 Å². The van der Waals surface area contributed by atoms with Gasteiger partial charge in [-0.2, -0.15) is 11.8 Å². The fourth-order valence-electron chi connectivity index (χ4n) is 3.07. The molecule has 1 saturated heterocycles. The maximum absolute atomic E-state index is 7.93. The van der Waals surface area contributed by atoms with Crippen LogP contribution in [0, 0.1) is 5.41 Å². The lowest BCUT2D eigenvalue weighted by Gasteiger charge is -2.34. The first-order chi connectivity index (χ1) is 12.2. The van der Waals surface area contributed by atoms with Gasteiger partial charge in [-0.05, 0) is 43.6 Å². The topological polar surface area (TPSA) is 64.9 Å². The van der Waals surface area contributed by atoms with Crippen LogP contribution < -0.4 is 10.2 Å². The second kappa shape index (κ2) is 8.58. The van der Waals surface area contributed by atoms with Crippen molar-refractivity contribution in [1.29, 1.82) is 5.41 Å². The van der Waals surface area contributed by atoms with Crippen molar-refractivity contribution in [1.82, 2.24) is 9.97 Å². The highest BCUT2D eigenvalue weighted by Crippen LogP contribution is 2.31. The highest BCUT2D eigenvalue weighted by molar-refractivity contribution is 7.99. The van der Waals surface area contributed by atoms with Crippen LogP contribution in [-0.2, 0) is 0 Å². The molecule has 0 bridgehead atoms. The lowest BCUT2D eigenvalue weighted by Crippen LogP contribution is -2.35. The number of aromatic nitrogens is 2. The Hall–Kier alpha value is -1.73. The van der Waals surface area contributed by atoms with Gasteiger partial charge < -0.3 is 15.6 Å². The molecule has 25 heavy (non-hydrogen) atoms. The third kappa shape index (κ3) is 4.27. The summed E-state index contributed by atoms with van der Waals surface area (Å²) in [5.41, 5.74) is 2.94. The number of anilines is 3. The maximum Gasteiger partial charge on any atom is 0.189 e. The van der Waals surface area contributed by atoms with Crippen molar-refractivity contribution in [2.24, 2.45) is 0 Å². The molecular formula is C18H23N5S2. The molecule has 132 valence electrons. The average Bonchev–Trinajstić information content (AvgIpc) is 2.68. The zero-order valence-corrected chi connectivity index (χ0v) is 16.2. The number of nitrogens with zero attached hydrogens (tertiary/aromatic N) is 3. The Morgan fingerprint density at radius 1 is 1.24 bits per heavy atom. The number of piperidine rings is 1. The minimum absolute atomic E-state index is 0.733. The summed E-state index contributed by atoms with van der Waals surface area (Å²) in [7, 11) is 0. The first-order valence-electron chi connectivity index (χ1n) is 8.30. The van der Waals surface area contributed by atoms with Crippen molar-refractivity contribution in [2.75, 3.05) is 35.8 Å². The molecule has 7 heteroatoms. The minimum atomic E-state index is 0.733. The Labute approximate surface area is 157 Å². The standard InChI is InChI=1S/C18H23N5S2/c1-24-13-7-10-23(11-8-13)16-5-3-4-15(14(16)12-19)21-17-6-9-20-18(22-17)25-2/h3-6,9,12-13,19H,7-8,10-11H2,1-2H3,(H,20,21,22). The molecule has 1 aromatic heterocycles. The Kier molecular flexibility index (Phi) is 6.20. The molecule has 0 unspecified atom stereocenters. The molecule has 3 rings (SSSR count). The van der Waals surface area contributed by atoms with Crippen LogP contribution in [0.1, 0.15) is 18.4 Å². The largest absolute Gasteiger partial charge is 0.371 e. The third-order valence-corrected chi connectivity index (χ3v) is 6.12. The van der Waals surface area contributed by atoms with Gasteiger partial charge in [-0.3, -0.25) is 0 Å². The Morgan fingerprint density at radius 3 is 2.72 bits per heavy atom. The Balaban J connectivity index is 1.84. The molecule has 1 fully saturated rings. The van der Waals surface area contributed by atoms with Gasteiger partial charge in [0.2, 0.25) is 0 Å². The molecule has 5 nitrogen and oxygen atoms in total. The zero-order valence-electron chi connectivity index (χ0n) is 14.5. The van der Waals surface area contributed by atoms with Crippen LogP contribution in [0.5, 0.6) is 0 Å². The minimum Gasteiger partial charge on any atom is -0.371 e. The number of hydrogen-bond acceptors (Lipinski definition) is 7. The van der Waals surface area contributed by atoms with Crippen molar-refractivity contribution < 1.29 is 0 Å². The lowest BCUT2D eigenvalue weighted by atomic mass is 10.1. The summed E-state index contributed by atoms with van der Waals surface area (Å²) in [6.45, 7) is 2.08. The highest BCUT2D eigenvalue weighted by atomic mass is 32.2. The van der Waals surface area contributed by atoms with Gasteiger partial charge in [-0.1, -0.05) is 17.8 Å². The maximum atomic E-state index is 7.93. The fraction of sp³-hybridized carbons (Fsp3) is 0.389. The first kappa shape index (κ1) is 18.1. The molecule has 0 spiro atoms. The molecule has 2 heterocycles. The van der Waals surface area contributed by atoms with Gasteiger partial charge in [-0.15, -0.1) is 0 Å². The van der Waals surface area contributed by atoms with Crippen LogP contribution in [0.3, 0.4) is 0 Å². The Bertz CT molecular complexity index is 729. The molecule has 2 aromatic rings. The van der Waals surface area contributed by atoms with Crippen molar-refractivity contribution in [3.05, 3.63) is 36.0 Å². The highest BCUT2D eigenvalue weighted by Gasteiger charge is 2.21. The SMILES string of the molecule is CSc1nccc(Nc2cccc(N3CCC(SC)CC3)c2C=N)n1. The molecular weight excluding hydrogens is 350 g/mol. The molecule has 2 N–H and O–H groups in total. The molecule has 0 atom stereocenters. The van der Waals surface area contributed by atoms with E-state index in [2.05, 4.69) is 32.5 Å². The van der Waals surface area contributed by atoms with E-state index in [0.29, 0.717) is 0 Å². The van der Waals surface area contributed by atoms with E-state index in [1.807, 2.05) is 36.2 Å². The van der Waals surface area contributed by atoms with E-state index >= 15 is 0 Å². The summed E-state index contributed by atoms with van der Waals surface area (Å²) in [6.07, 6.45) is 9.73. The van der Waals surface area contributed by atoms with E-state index in [1.165, 1.54) is 30.8 Å². The predicted molar refractivity (Wildman–Crippen MR) is 110 cm³/mol. The summed E-state index contributed by atoms with van der Waals surface area (Å²) in [5.74, 6) is 0.751. The van der Waals surface area contributed by atoms with Crippen LogP contribution in [0.15, 0.2) is 35.6 Å². The van der Waals surface area contributed by atoms with Crippen LogP contribution in [0.4, 0.5) is 17.2 Å². The van der Waals surface area contributed by atoms with Crippen molar-refractivity contribution >= 4 is 46.9 Å². The summed E-state index contributed by atoms with van der Waals surface area (Å²) in [5, 5.41) is 12.8. The number of thioether (sulfide) groups is 2. The average molecular weight is 374 g/mol. The van der Waals surface area contributed by atoms with Crippen LogP contribution in [0.25, 0.3) is 0 Å². The number of benzene rings is 1. The number of hydrogen-bond donors (Lipinski definition) is 2. The smallest absolute Gasteiger partial charge is 0.189 e. The van der Waals surface area contributed by atoms with Gasteiger partial charge in [-0.25, -0.2) is 9.97 Å². The van der Waals surface area contributed by atoms with Crippen LogP contribution >= 0.6 is 23.5 Å². The summed E-state index contributed by atoms with van der Waals surface area (Å²) >= 11 is 3.48. The lowest BCUT2D eigenvalue weighted by molar-refractivity contribution is 0.591. The predicted octanol–water partition coefficient (Wildman–Crippen LogP) is 4.27. The monoisotopic (exact) mass is 373 g/mol. The molecule has 0 radical (unpaired) electrons. The molecule has 1 aliphatic heterocycles. The van der Waals surface area contributed by atoms with E-state index in [0.717, 1.165) is 46.3 Å². The quantitative estimate of drug-likeness (QED) is 0.448. The Morgan fingerprint density at radius 2 is 2.04 bits per heavy atom. The van der Waals surface area contributed by atoms with Gasteiger partial charge >= 0.3 is 0 Å². The van der Waals surface area contributed by atoms with E-state index in [1.54, 1.807) is 6.20 Å². The number of nitrogens with one attached hydrogen (secondary N) is 2. The fourth-order valence-corrected chi connectivity index (χ4v) is 4.11. The van der Waals surface area contributed by atoms with Crippen LogP contribution in [0.2, 0.25) is 0 Å². The van der Waals surface area contributed by atoms with E-state index in [9.17, 15) is 0 Å². The third-order valence-electron chi connectivity index (χ3n) is 4.42. The summed E-state index contributed by atoms with van der Waals surface area (Å²) in [4.78, 5) is 11.1. The normalized spacial score (nSPS) is 15.2. The zero-order chi connectivity index (χ0) is 17.6. The van der Waals surface area contributed by atoms with E-state index < -0.39 is 0 Å². The molecule has 0 saturated carbocycles. The van der Waals surface area contributed by atoms with Crippen LogP contribution in [-0.4, -0.2) is 47.0 Å². The number of rotatable bonds is 6. The van der Waals surface area contributed by atoms with Gasteiger partial charge in [0.15, 0.2) is 5.16 Å². The second-order valence-electron chi connectivity index (χ2n) is 5.86. The molecule has 1 aliphatic rings. The van der Waals surface area contributed by atoms with E-state index in [4.69, 9.17) is 5.41 Å². The van der Waals surface area contributed by atoms with Crippen molar-refractivity contribution in [3.63, 3.8) is 0 Å². The first-order valence-corrected chi connectivity index (χ1v) is 10.8. The van der Waals surface area contributed by atoms with Gasteiger partial charge in [0, 0.05) is 42.0 Å². The summed E-state index contributed by atoms with van der Waals surface area (Å²) < 4.78 is 0. The van der Waals surface area contributed by atoms with E-state index in [-0.39, 0.29) is 0 Å².